The van der Waals surface area contributed by atoms with Crippen LogP contribution in [0.15, 0.2) is 283 Å². The largest absolute Gasteiger partial charge is 0.455 e. The molecule has 0 fully saturated rings. The topological polar surface area (TPSA) is 305 Å². The number of anilines is 3. The molecule has 1 atom stereocenters. The van der Waals surface area contributed by atoms with Crippen molar-refractivity contribution in [3.63, 3.8) is 0 Å². The number of carbonyl (C=O) groups is 3. The third kappa shape index (κ3) is 16.9. The van der Waals surface area contributed by atoms with Crippen molar-refractivity contribution >= 4 is 149 Å². The highest BCUT2D eigenvalue weighted by Gasteiger charge is 2.40. The van der Waals surface area contributed by atoms with E-state index in [1.807, 2.05) is 12.1 Å². The summed E-state index contributed by atoms with van der Waals surface area (Å²) >= 11 is 0. The minimum atomic E-state index is -3.77. The molecule has 0 spiro atoms. The molecule has 0 radical (unpaired) electrons. The highest BCUT2D eigenvalue weighted by atomic mass is 32.2. The number of rotatable bonds is 21. The van der Waals surface area contributed by atoms with Crippen LogP contribution in [0.2, 0.25) is 0 Å². The zero-order chi connectivity index (χ0) is 92.0. The molecular weight excluding hydrogens is 1780 g/mol. The predicted octanol–water partition coefficient (Wildman–Crippen LogP) is 22.2. The van der Waals surface area contributed by atoms with Gasteiger partial charge < -0.3 is 13.3 Å². The van der Waals surface area contributed by atoms with Crippen molar-refractivity contribution in [2.75, 3.05) is 52.8 Å². The second-order valence-corrected chi connectivity index (χ2v) is 43.2. The molecule has 3 aliphatic heterocycles. The van der Waals surface area contributed by atoms with Gasteiger partial charge in [0.2, 0.25) is 49.7 Å². The molecule has 21 nitrogen and oxygen atoms in total. The van der Waals surface area contributed by atoms with Crippen LogP contribution < -0.4 is 12.9 Å². The lowest BCUT2D eigenvalue weighted by Gasteiger charge is -2.21. The van der Waals surface area contributed by atoms with Gasteiger partial charge in [0, 0.05) is 110 Å². The van der Waals surface area contributed by atoms with Gasteiger partial charge in [-0.25, -0.2) is 63.7 Å². The van der Waals surface area contributed by atoms with Crippen LogP contribution in [0.1, 0.15) is 119 Å². The van der Waals surface area contributed by atoms with Crippen molar-refractivity contribution < 1.29 is 92.7 Å². The van der Waals surface area contributed by atoms with Gasteiger partial charge in [0.15, 0.2) is 27.2 Å². The molecule has 0 N–H and O–H groups in total. The molecule has 3 aromatic heterocycles. The van der Waals surface area contributed by atoms with E-state index >= 15 is 0 Å². The van der Waals surface area contributed by atoms with Crippen LogP contribution in [0.25, 0.3) is 122 Å². The van der Waals surface area contributed by atoms with Gasteiger partial charge in [-0.15, -0.1) is 0 Å². The van der Waals surface area contributed by atoms with Gasteiger partial charge in [-0.3, -0.25) is 27.3 Å². The SMILES string of the molecule is C.CCC(=O)c1c(-c2ccc(F)cc2)oc2cc(N(C)S(C)(=O)=O)c(-c3cccc(C4=Cc5ccccc5S4(=O)=O)c3)cc12.CCC(=O)c1c(-c2ccc(F)cc2)oc2cc(N(C)S(C)(=O)=O)c(-c3cccc(C4=Cc5ccccc5S4(=O)=O)c3)cc12.CCC(=O)c1c(-c2ccc(F)cc2)oc2cc(N(C)S(C)(=O)=O)c(-c3cccc(C4Cc5ccccc5S4(=O)=O)c3)cc12.[HH]. The Morgan fingerprint density at radius 2 is 0.669 bits per heavy atom. The first kappa shape index (κ1) is 91.4. The standard InChI is InChI=1S/C33H28FNO6S2.2C33H26FNO6S2.CH4.H2/c3*1-4-28(36)32-26-18-25(21-9-7-10-22(16-21)31-17-23-8-5-6-11-30(23)43(31,39)40)27(35(2)42(3,37)38)19-29(26)41-33(32)20-12-14-24(34)15-13-20;;/h5-16,18-19,31H,4,17H2,1-3H3;2*5-19H,4H2,1-3H3;1H4;1H. The molecule has 15 aromatic rings. The number of sulfone groups is 3. The normalized spacial score (nSPS) is 14.5. The Kier molecular flexibility index (Phi) is 24.5. The number of furan rings is 3. The molecule has 0 saturated heterocycles. The van der Waals surface area contributed by atoms with Crippen LogP contribution in [0.4, 0.5) is 30.2 Å². The number of benzene rings is 12. The van der Waals surface area contributed by atoms with E-state index in [-0.39, 0.29) is 110 Å². The Hall–Kier alpha value is -13.4. The number of ketones is 3. The summed E-state index contributed by atoms with van der Waals surface area (Å²) in [5, 5.41) is 0.591. The van der Waals surface area contributed by atoms with Crippen molar-refractivity contribution in [3.8, 4) is 67.4 Å². The molecule has 3 aliphatic rings. The second kappa shape index (κ2) is 34.9. The molecule has 6 heterocycles. The zero-order valence-electron chi connectivity index (χ0n) is 70.6. The first-order valence-corrected chi connectivity index (χ1v) is 50.5. The van der Waals surface area contributed by atoms with Gasteiger partial charge in [0.25, 0.3) is 0 Å². The fourth-order valence-corrected chi connectivity index (χ4v) is 23.1. The summed E-state index contributed by atoms with van der Waals surface area (Å²) in [6.07, 6.45) is 7.33. The number of fused-ring (bicyclic) bond motifs is 6. The number of Topliss-reactive ketones (excluding diaryl/α,β-unsaturated/α-hetero) is 3. The van der Waals surface area contributed by atoms with Gasteiger partial charge in [0.1, 0.15) is 51.5 Å². The Labute approximate surface area is 752 Å². The maximum Gasteiger partial charge on any atom is 0.232 e. The monoisotopic (exact) mass is 1870 g/mol. The lowest BCUT2D eigenvalue weighted by Crippen LogP contribution is -2.25. The molecule has 30 heteroatoms. The Bertz CT molecular complexity index is 7710. The van der Waals surface area contributed by atoms with Crippen LogP contribution >= 0.6 is 0 Å². The van der Waals surface area contributed by atoms with E-state index in [1.165, 1.54) is 93.9 Å². The molecular formula is C100H86F3N3O18S6. The van der Waals surface area contributed by atoms with E-state index in [2.05, 4.69) is 0 Å². The van der Waals surface area contributed by atoms with Crippen molar-refractivity contribution in [1.82, 2.24) is 0 Å². The van der Waals surface area contributed by atoms with E-state index in [1.54, 1.807) is 203 Å². The molecule has 666 valence electrons. The number of sulfonamides is 3. The minimum absolute atomic E-state index is 0. The third-order valence-electron chi connectivity index (χ3n) is 23.2. The van der Waals surface area contributed by atoms with Crippen molar-refractivity contribution in [3.05, 3.63) is 322 Å². The maximum atomic E-state index is 13.7. The van der Waals surface area contributed by atoms with Crippen LogP contribution in [-0.2, 0) is 66.0 Å². The van der Waals surface area contributed by atoms with Gasteiger partial charge >= 0.3 is 0 Å². The van der Waals surface area contributed by atoms with Crippen LogP contribution in [0, 0.1) is 17.5 Å². The molecule has 1 unspecified atom stereocenters. The Balaban J connectivity index is 0.000000157. The lowest BCUT2D eigenvalue weighted by molar-refractivity contribution is 0.0981. The maximum absolute atomic E-state index is 13.7. The fraction of sp³-hybridized carbons (Fsp3) is 0.150. The van der Waals surface area contributed by atoms with Crippen LogP contribution in [-0.4, -0.2) is 108 Å². The summed E-state index contributed by atoms with van der Waals surface area (Å²) in [7, 11) is -18.1. The van der Waals surface area contributed by atoms with Crippen LogP contribution in [0.5, 0.6) is 0 Å². The van der Waals surface area contributed by atoms with Crippen molar-refractivity contribution in [1.29, 1.82) is 0 Å². The quantitative estimate of drug-likeness (QED) is 0.0603. The smallest absolute Gasteiger partial charge is 0.232 e. The summed E-state index contributed by atoms with van der Waals surface area (Å²) in [6.45, 7) is 5.17. The first-order valence-electron chi connectivity index (χ1n) is 40.5. The first-order chi connectivity index (χ1) is 61.2. The fourth-order valence-electron chi connectivity index (χ4n) is 16.3. The van der Waals surface area contributed by atoms with E-state index < -0.39 is 82.3 Å². The molecule has 0 saturated carbocycles. The van der Waals surface area contributed by atoms with Crippen molar-refractivity contribution in [2.45, 2.75) is 73.8 Å². The van der Waals surface area contributed by atoms with E-state index in [9.17, 15) is 78.1 Å². The zero-order valence-corrected chi connectivity index (χ0v) is 75.5. The lowest BCUT2D eigenvalue weighted by atomic mass is 9.94. The Morgan fingerprint density at radius 1 is 0.369 bits per heavy atom. The van der Waals surface area contributed by atoms with Gasteiger partial charge in [0.05, 0.1) is 82.3 Å². The second-order valence-electron chi connectivity index (χ2n) is 31.3. The van der Waals surface area contributed by atoms with Crippen molar-refractivity contribution in [2.24, 2.45) is 0 Å². The number of hydrogen-bond acceptors (Lipinski definition) is 18. The highest BCUT2D eigenvalue weighted by Crippen LogP contribution is 2.50. The van der Waals surface area contributed by atoms with Gasteiger partial charge in [-0.05, 0) is 196 Å². The molecule has 12 aromatic carbocycles. The third-order valence-corrected chi connectivity index (χ3v) is 32.7. The summed E-state index contributed by atoms with van der Waals surface area (Å²) < 4.78 is 220. The number of carbonyl (C=O) groups excluding carboxylic acids is 3. The molecule has 0 bridgehead atoms. The molecule has 0 amide bonds. The number of hydrogen-bond donors (Lipinski definition) is 0. The summed E-state index contributed by atoms with van der Waals surface area (Å²) in [6, 6.07) is 67.7. The highest BCUT2D eigenvalue weighted by molar-refractivity contribution is 8.01. The van der Waals surface area contributed by atoms with E-state index in [4.69, 9.17) is 13.3 Å². The number of nitrogens with zero attached hydrogens (tertiary/aromatic N) is 3. The van der Waals surface area contributed by atoms with E-state index in [0.29, 0.717) is 128 Å². The molecule has 130 heavy (non-hydrogen) atoms. The average molecular weight is 1870 g/mol. The summed E-state index contributed by atoms with van der Waals surface area (Å²) in [4.78, 5) is 40.9. The molecule has 0 aliphatic carbocycles. The summed E-state index contributed by atoms with van der Waals surface area (Å²) in [5.41, 5.74) is 10.5. The predicted molar refractivity (Wildman–Crippen MR) is 507 cm³/mol. The summed E-state index contributed by atoms with van der Waals surface area (Å²) in [5.74, 6) is -1.16. The van der Waals surface area contributed by atoms with Gasteiger partial charge in [-0.1, -0.05) is 137 Å². The van der Waals surface area contributed by atoms with E-state index in [0.717, 1.165) is 37.2 Å². The van der Waals surface area contributed by atoms with Crippen LogP contribution in [0.3, 0.4) is 0 Å². The molecule has 18 rings (SSSR count). The minimum Gasteiger partial charge on any atom is -0.455 e. The Morgan fingerprint density at radius 3 is 0.985 bits per heavy atom. The average Bonchev–Trinajstić information content (AvgIpc) is 1.49. The van der Waals surface area contributed by atoms with Gasteiger partial charge in [-0.2, -0.15) is 0 Å². The number of halogens is 3.